The largest absolute Gasteiger partial charge is 0.493 e. The van der Waals surface area contributed by atoms with Crippen LogP contribution >= 0.6 is 22.9 Å². The number of benzene rings is 1. The predicted molar refractivity (Wildman–Crippen MR) is 99.1 cm³/mol. The molecular formula is C17H21ClN2O4S. The summed E-state index contributed by atoms with van der Waals surface area (Å²) in [5.74, 6) is 0.130. The third kappa shape index (κ3) is 5.59. The zero-order valence-corrected chi connectivity index (χ0v) is 16.0. The van der Waals surface area contributed by atoms with E-state index >= 15 is 0 Å². The Balaban J connectivity index is 2.17. The van der Waals surface area contributed by atoms with Crippen molar-refractivity contribution >= 4 is 28.9 Å². The highest BCUT2D eigenvalue weighted by atomic mass is 35.5. The van der Waals surface area contributed by atoms with Crippen LogP contribution in [0.3, 0.4) is 0 Å². The maximum absolute atomic E-state index is 10.8. The van der Waals surface area contributed by atoms with Crippen molar-refractivity contribution in [3.8, 4) is 22.1 Å². The lowest BCUT2D eigenvalue weighted by Gasteiger charge is -2.15. The van der Waals surface area contributed by atoms with Crippen LogP contribution in [0.4, 0.5) is 0 Å². The van der Waals surface area contributed by atoms with Gasteiger partial charge in [-0.3, -0.25) is 4.79 Å². The van der Waals surface area contributed by atoms with Crippen LogP contribution in [-0.2, 0) is 11.2 Å². The van der Waals surface area contributed by atoms with E-state index in [2.05, 4.69) is 9.88 Å². The number of carboxylic acid groups (broad SMARTS) is 1. The highest BCUT2D eigenvalue weighted by Crippen LogP contribution is 2.40. The molecule has 0 amide bonds. The Kier molecular flexibility index (Phi) is 7.04. The van der Waals surface area contributed by atoms with Gasteiger partial charge in [0.15, 0.2) is 11.5 Å². The summed E-state index contributed by atoms with van der Waals surface area (Å²) in [6.07, 6.45) is 0.772. The molecule has 0 spiro atoms. The molecule has 1 aromatic carbocycles. The van der Waals surface area contributed by atoms with Crippen molar-refractivity contribution in [1.82, 2.24) is 9.88 Å². The number of rotatable bonds is 9. The normalized spacial score (nSPS) is 10.9. The smallest absolute Gasteiger partial charge is 0.309 e. The maximum atomic E-state index is 10.8. The van der Waals surface area contributed by atoms with Crippen molar-refractivity contribution < 1.29 is 19.4 Å². The Hall–Kier alpha value is -1.83. The van der Waals surface area contributed by atoms with Gasteiger partial charge in [-0.2, -0.15) is 0 Å². The summed E-state index contributed by atoms with van der Waals surface area (Å²) in [4.78, 5) is 17.2. The molecule has 0 unspecified atom stereocenters. The van der Waals surface area contributed by atoms with Crippen LogP contribution in [0.2, 0.25) is 5.02 Å². The number of ether oxygens (including phenoxy) is 2. The molecule has 2 aromatic rings. The van der Waals surface area contributed by atoms with Gasteiger partial charge in [-0.1, -0.05) is 11.6 Å². The minimum absolute atomic E-state index is 0.103. The Morgan fingerprint density at radius 1 is 1.40 bits per heavy atom. The number of carbonyl (C=O) groups is 1. The second-order valence-electron chi connectivity index (χ2n) is 5.71. The van der Waals surface area contributed by atoms with Crippen molar-refractivity contribution in [3.63, 3.8) is 0 Å². The number of halogens is 1. The second-order valence-corrected chi connectivity index (χ2v) is 6.97. The van der Waals surface area contributed by atoms with Crippen molar-refractivity contribution in [3.05, 3.63) is 28.2 Å². The first kappa shape index (κ1) is 19.5. The van der Waals surface area contributed by atoms with Crippen LogP contribution in [0.1, 0.15) is 12.1 Å². The van der Waals surface area contributed by atoms with Gasteiger partial charge >= 0.3 is 5.97 Å². The molecule has 0 fully saturated rings. The number of aliphatic carboxylic acids is 1. The maximum Gasteiger partial charge on any atom is 0.309 e. The first-order chi connectivity index (χ1) is 11.9. The Bertz CT molecular complexity index is 733. The highest BCUT2D eigenvalue weighted by Gasteiger charge is 2.15. The first-order valence-corrected chi connectivity index (χ1v) is 8.98. The van der Waals surface area contributed by atoms with E-state index in [4.69, 9.17) is 26.2 Å². The zero-order valence-electron chi connectivity index (χ0n) is 14.4. The van der Waals surface area contributed by atoms with Crippen LogP contribution in [0.5, 0.6) is 11.5 Å². The van der Waals surface area contributed by atoms with E-state index in [0.29, 0.717) is 33.8 Å². The van der Waals surface area contributed by atoms with Crippen molar-refractivity contribution in [2.24, 2.45) is 0 Å². The summed E-state index contributed by atoms with van der Waals surface area (Å²) in [6.45, 7) is 1.46. The molecular weight excluding hydrogens is 364 g/mol. The van der Waals surface area contributed by atoms with Crippen molar-refractivity contribution in [2.45, 2.75) is 12.8 Å². The molecule has 0 aliphatic heterocycles. The summed E-state index contributed by atoms with van der Waals surface area (Å²) in [7, 11) is 5.57. The van der Waals surface area contributed by atoms with Crippen molar-refractivity contribution in [1.29, 1.82) is 0 Å². The van der Waals surface area contributed by atoms with E-state index in [1.807, 2.05) is 14.1 Å². The van der Waals surface area contributed by atoms with Gasteiger partial charge in [-0.15, -0.1) is 11.3 Å². The van der Waals surface area contributed by atoms with E-state index in [9.17, 15) is 4.79 Å². The number of hydrogen-bond donors (Lipinski definition) is 1. The molecule has 1 N–H and O–H groups in total. The van der Waals surface area contributed by atoms with Gasteiger partial charge < -0.3 is 19.5 Å². The Morgan fingerprint density at radius 2 is 2.16 bits per heavy atom. The van der Waals surface area contributed by atoms with E-state index in [1.54, 1.807) is 24.6 Å². The van der Waals surface area contributed by atoms with Gasteiger partial charge in [-0.25, -0.2) is 4.98 Å². The standard InChI is InChI=1S/C17H21ClN2O4S/c1-20(2)5-4-6-24-16-13(18)7-11(8-14(16)23-3)17-19-12(10-25-17)9-15(21)22/h7-8,10H,4-6,9H2,1-3H3,(H,21,22). The lowest BCUT2D eigenvalue weighted by molar-refractivity contribution is -0.136. The van der Waals surface area contributed by atoms with Gasteiger partial charge in [0.2, 0.25) is 0 Å². The topological polar surface area (TPSA) is 71.9 Å². The Morgan fingerprint density at radius 3 is 2.80 bits per heavy atom. The molecule has 0 radical (unpaired) electrons. The molecule has 0 atom stereocenters. The molecule has 2 rings (SSSR count). The fourth-order valence-corrected chi connectivity index (χ4v) is 3.29. The molecule has 0 aliphatic carbocycles. The monoisotopic (exact) mass is 384 g/mol. The van der Waals surface area contributed by atoms with Gasteiger partial charge in [0.25, 0.3) is 0 Å². The molecule has 25 heavy (non-hydrogen) atoms. The Labute approximate surface area is 156 Å². The quantitative estimate of drug-likeness (QED) is 0.668. The molecule has 0 bridgehead atoms. The van der Waals surface area contributed by atoms with Crippen LogP contribution < -0.4 is 9.47 Å². The highest BCUT2D eigenvalue weighted by molar-refractivity contribution is 7.13. The van der Waals surface area contributed by atoms with Crippen LogP contribution in [0.25, 0.3) is 10.6 Å². The number of thiazole rings is 1. The van der Waals surface area contributed by atoms with E-state index in [0.717, 1.165) is 18.5 Å². The molecule has 1 aromatic heterocycles. The first-order valence-electron chi connectivity index (χ1n) is 7.72. The van der Waals surface area contributed by atoms with E-state index in [-0.39, 0.29) is 6.42 Å². The summed E-state index contributed by atoms with van der Waals surface area (Å²) in [5.41, 5.74) is 1.29. The molecule has 0 aliphatic rings. The lowest BCUT2D eigenvalue weighted by atomic mass is 10.2. The van der Waals surface area contributed by atoms with Gasteiger partial charge in [-0.05, 0) is 32.6 Å². The molecule has 0 saturated carbocycles. The average Bonchev–Trinajstić information content (AvgIpc) is 2.99. The molecule has 1 heterocycles. The van der Waals surface area contributed by atoms with Crippen LogP contribution in [0.15, 0.2) is 17.5 Å². The average molecular weight is 385 g/mol. The second kappa shape index (κ2) is 9.03. The van der Waals surface area contributed by atoms with Gasteiger partial charge in [0.1, 0.15) is 5.01 Å². The minimum atomic E-state index is -0.908. The number of aromatic nitrogens is 1. The van der Waals surface area contributed by atoms with Crippen LogP contribution in [0, 0.1) is 0 Å². The number of methoxy groups -OCH3 is 1. The number of nitrogens with zero attached hydrogens (tertiary/aromatic N) is 2. The van der Waals surface area contributed by atoms with Crippen LogP contribution in [-0.4, -0.2) is 55.3 Å². The lowest BCUT2D eigenvalue weighted by Crippen LogP contribution is -2.15. The summed E-state index contributed by atoms with van der Waals surface area (Å²) >= 11 is 7.73. The minimum Gasteiger partial charge on any atom is -0.493 e. The predicted octanol–water partition coefficient (Wildman–Crippen LogP) is 3.43. The molecule has 6 nitrogen and oxygen atoms in total. The van der Waals surface area contributed by atoms with Crippen molar-refractivity contribution in [2.75, 3.05) is 34.4 Å². The van der Waals surface area contributed by atoms with E-state index < -0.39 is 5.97 Å². The number of hydrogen-bond acceptors (Lipinski definition) is 6. The van der Waals surface area contributed by atoms with Gasteiger partial charge in [0, 0.05) is 17.5 Å². The molecule has 136 valence electrons. The third-order valence-corrected chi connectivity index (χ3v) is 4.58. The zero-order chi connectivity index (χ0) is 18.4. The molecule has 8 heteroatoms. The third-order valence-electron chi connectivity index (χ3n) is 3.36. The van der Waals surface area contributed by atoms with E-state index in [1.165, 1.54) is 11.3 Å². The summed E-state index contributed by atoms with van der Waals surface area (Å²) < 4.78 is 11.2. The SMILES string of the molecule is COc1cc(-c2nc(CC(=O)O)cs2)cc(Cl)c1OCCCN(C)C. The number of carboxylic acids is 1. The molecule has 0 saturated heterocycles. The summed E-state index contributed by atoms with van der Waals surface area (Å²) in [6, 6.07) is 3.56. The fraction of sp³-hybridized carbons (Fsp3) is 0.412. The summed E-state index contributed by atoms with van der Waals surface area (Å²) in [5, 5.41) is 11.7. The van der Waals surface area contributed by atoms with Gasteiger partial charge in [0.05, 0.1) is 30.9 Å². The fourth-order valence-electron chi connectivity index (χ4n) is 2.21.